The van der Waals surface area contributed by atoms with E-state index in [1.54, 1.807) is 19.3 Å². The van der Waals surface area contributed by atoms with E-state index in [2.05, 4.69) is 50.8 Å². The van der Waals surface area contributed by atoms with Crippen LogP contribution in [0.4, 0.5) is 11.5 Å². The first-order valence-corrected chi connectivity index (χ1v) is 11.9. The fourth-order valence-corrected chi connectivity index (χ4v) is 4.23. The Bertz CT molecular complexity index is 1400. The van der Waals surface area contributed by atoms with Gasteiger partial charge in [-0.2, -0.15) is 0 Å². The van der Waals surface area contributed by atoms with E-state index in [0.717, 1.165) is 39.8 Å². The number of rotatable bonds is 8. The van der Waals surface area contributed by atoms with Crippen LogP contribution in [0, 0.1) is 0 Å². The number of aromatic nitrogens is 3. The Balaban J connectivity index is 1.59. The van der Waals surface area contributed by atoms with Crippen LogP contribution in [0.1, 0.15) is 43.1 Å². The summed E-state index contributed by atoms with van der Waals surface area (Å²) in [6, 6.07) is 17.2. The van der Waals surface area contributed by atoms with Gasteiger partial charge in [0.25, 0.3) is 5.91 Å². The van der Waals surface area contributed by atoms with Gasteiger partial charge in [0, 0.05) is 54.8 Å². The van der Waals surface area contributed by atoms with Crippen LogP contribution in [0.15, 0.2) is 67.1 Å². The van der Waals surface area contributed by atoms with Crippen LogP contribution in [0.2, 0.25) is 0 Å². The molecule has 0 saturated carbocycles. The van der Waals surface area contributed by atoms with Gasteiger partial charge in [0.05, 0.1) is 16.8 Å². The highest BCUT2D eigenvalue weighted by atomic mass is 16.2. The maximum Gasteiger partial charge on any atom is 0.251 e. The molecule has 4 aromatic rings. The number of anilines is 2. The fraction of sp³-hybridized carbons (Fsp3) is 0.250. The molecule has 0 aliphatic rings. The van der Waals surface area contributed by atoms with Crippen LogP contribution >= 0.6 is 0 Å². The van der Waals surface area contributed by atoms with Crippen molar-refractivity contribution in [3.8, 4) is 11.3 Å². The summed E-state index contributed by atoms with van der Waals surface area (Å²) in [5.74, 6) is 0.473. The van der Waals surface area contributed by atoms with Gasteiger partial charge in [0.2, 0.25) is 5.91 Å². The van der Waals surface area contributed by atoms with Gasteiger partial charge in [-0.3, -0.25) is 14.6 Å². The van der Waals surface area contributed by atoms with Crippen molar-refractivity contribution >= 4 is 34.2 Å². The number of hydrogen-bond donors (Lipinski definition) is 3. The van der Waals surface area contributed by atoms with Crippen LogP contribution in [-0.2, 0) is 10.2 Å². The van der Waals surface area contributed by atoms with Crippen molar-refractivity contribution in [3.63, 3.8) is 0 Å². The molecule has 2 aromatic heterocycles. The SMILES string of the molecule is CC[C@](C)(CNc1cc(-c2ccc(NC(C)=O)cc2)ncn1)c1cccc2c(C(=O)NC)ccnc12. The summed E-state index contributed by atoms with van der Waals surface area (Å²) in [5.41, 5.74) is 4.69. The molecule has 0 aliphatic heterocycles. The molecule has 8 heteroatoms. The lowest BCUT2D eigenvalue weighted by atomic mass is 9.78. The molecule has 184 valence electrons. The van der Waals surface area contributed by atoms with Gasteiger partial charge < -0.3 is 16.0 Å². The van der Waals surface area contributed by atoms with Crippen LogP contribution < -0.4 is 16.0 Å². The predicted octanol–water partition coefficient (Wildman–Crippen LogP) is 4.79. The molecule has 0 bridgehead atoms. The molecule has 0 fully saturated rings. The van der Waals surface area contributed by atoms with Gasteiger partial charge in [-0.05, 0) is 30.2 Å². The number of nitrogens with one attached hydrogen (secondary N) is 3. The largest absolute Gasteiger partial charge is 0.369 e. The zero-order chi connectivity index (χ0) is 25.7. The van der Waals surface area contributed by atoms with Crippen LogP contribution in [0.25, 0.3) is 22.2 Å². The van der Waals surface area contributed by atoms with Crippen LogP contribution in [0.5, 0.6) is 0 Å². The highest BCUT2D eigenvalue weighted by molar-refractivity contribution is 6.06. The second-order valence-corrected chi connectivity index (χ2v) is 8.95. The quantitative estimate of drug-likeness (QED) is 0.333. The Morgan fingerprint density at radius 2 is 1.78 bits per heavy atom. The summed E-state index contributed by atoms with van der Waals surface area (Å²) in [6.07, 6.45) is 4.08. The predicted molar refractivity (Wildman–Crippen MR) is 143 cm³/mol. The summed E-state index contributed by atoms with van der Waals surface area (Å²) in [7, 11) is 1.63. The minimum atomic E-state index is -0.265. The Kier molecular flexibility index (Phi) is 7.24. The fourth-order valence-electron chi connectivity index (χ4n) is 4.23. The van der Waals surface area contributed by atoms with E-state index in [-0.39, 0.29) is 17.2 Å². The molecule has 2 aromatic carbocycles. The average Bonchev–Trinajstić information content (AvgIpc) is 2.91. The lowest BCUT2D eigenvalue weighted by molar-refractivity contribution is -0.114. The first-order chi connectivity index (χ1) is 17.3. The molecule has 8 nitrogen and oxygen atoms in total. The monoisotopic (exact) mass is 482 g/mol. The van der Waals surface area contributed by atoms with Gasteiger partial charge in [-0.25, -0.2) is 9.97 Å². The summed E-state index contributed by atoms with van der Waals surface area (Å²) in [4.78, 5) is 37.1. The number of nitrogens with zero attached hydrogens (tertiary/aromatic N) is 3. The van der Waals surface area contributed by atoms with Crippen molar-refractivity contribution in [2.45, 2.75) is 32.6 Å². The molecule has 0 saturated heterocycles. The topological polar surface area (TPSA) is 109 Å². The van der Waals surface area contributed by atoms with E-state index in [0.29, 0.717) is 17.9 Å². The van der Waals surface area contributed by atoms with Gasteiger partial charge in [0.1, 0.15) is 12.1 Å². The third-order valence-electron chi connectivity index (χ3n) is 6.50. The number of fused-ring (bicyclic) bond motifs is 1. The summed E-state index contributed by atoms with van der Waals surface area (Å²) in [6.45, 7) is 6.43. The van der Waals surface area contributed by atoms with Gasteiger partial charge >= 0.3 is 0 Å². The number of pyridine rings is 1. The van der Waals surface area contributed by atoms with Crippen molar-refractivity contribution in [3.05, 3.63) is 78.2 Å². The molecule has 0 radical (unpaired) electrons. The second-order valence-electron chi connectivity index (χ2n) is 8.95. The molecule has 0 aliphatic carbocycles. The summed E-state index contributed by atoms with van der Waals surface area (Å²) >= 11 is 0. The van der Waals surface area contributed by atoms with Gasteiger partial charge in [-0.15, -0.1) is 0 Å². The third-order valence-corrected chi connectivity index (χ3v) is 6.50. The molecule has 3 N–H and O–H groups in total. The molecular formula is C28H30N6O2. The van der Waals surface area contributed by atoms with E-state index < -0.39 is 0 Å². The zero-order valence-corrected chi connectivity index (χ0v) is 20.9. The first kappa shape index (κ1) is 24.8. The second kappa shape index (κ2) is 10.5. The zero-order valence-electron chi connectivity index (χ0n) is 20.9. The molecule has 0 unspecified atom stereocenters. The van der Waals surface area contributed by atoms with Crippen LogP contribution in [0.3, 0.4) is 0 Å². The Morgan fingerprint density at radius 3 is 2.47 bits per heavy atom. The number of amides is 2. The lowest BCUT2D eigenvalue weighted by Gasteiger charge is -2.30. The number of carbonyl (C=O) groups is 2. The number of carbonyl (C=O) groups excluding carboxylic acids is 2. The van der Waals surface area contributed by atoms with Crippen molar-refractivity contribution < 1.29 is 9.59 Å². The maximum atomic E-state index is 12.4. The smallest absolute Gasteiger partial charge is 0.251 e. The van der Waals surface area contributed by atoms with E-state index in [4.69, 9.17) is 0 Å². The number of para-hydroxylation sites is 1. The van der Waals surface area contributed by atoms with E-state index in [9.17, 15) is 9.59 Å². The number of hydrogen-bond acceptors (Lipinski definition) is 6. The van der Waals surface area contributed by atoms with Crippen molar-refractivity contribution in [2.75, 3.05) is 24.2 Å². The molecule has 1 atom stereocenters. The van der Waals surface area contributed by atoms with Crippen molar-refractivity contribution in [1.82, 2.24) is 20.3 Å². The third kappa shape index (κ3) is 5.17. The summed E-state index contributed by atoms with van der Waals surface area (Å²) in [5, 5.41) is 9.79. The molecule has 0 spiro atoms. The standard InChI is InChI=1S/C28H30N6O2/c1-5-28(3,23-8-6-7-21-22(27(36)29-4)13-14-30-26(21)23)16-31-25-15-24(32-17-33-25)19-9-11-20(12-10-19)34-18(2)35/h6-15,17H,5,16H2,1-4H3,(H,29,36)(H,34,35)(H,31,32,33)/t28-/m1/s1. The van der Waals surface area contributed by atoms with E-state index in [1.807, 2.05) is 42.5 Å². The van der Waals surface area contributed by atoms with Gasteiger partial charge in [-0.1, -0.05) is 44.2 Å². The first-order valence-electron chi connectivity index (χ1n) is 11.9. The van der Waals surface area contributed by atoms with Crippen molar-refractivity contribution in [1.29, 1.82) is 0 Å². The number of benzene rings is 2. The molecule has 2 heterocycles. The Morgan fingerprint density at radius 1 is 1.00 bits per heavy atom. The van der Waals surface area contributed by atoms with E-state index >= 15 is 0 Å². The minimum absolute atomic E-state index is 0.110. The molecule has 2 amide bonds. The Labute approximate surface area is 210 Å². The van der Waals surface area contributed by atoms with Gasteiger partial charge in [0.15, 0.2) is 0 Å². The Hall–Kier alpha value is -4.33. The van der Waals surface area contributed by atoms with Crippen LogP contribution in [-0.4, -0.2) is 40.4 Å². The molecular weight excluding hydrogens is 452 g/mol. The highest BCUT2D eigenvalue weighted by Gasteiger charge is 2.28. The summed E-state index contributed by atoms with van der Waals surface area (Å²) < 4.78 is 0. The molecule has 36 heavy (non-hydrogen) atoms. The van der Waals surface area contributed by atoms with Crippen molar-refractivity contribution in [2.24, 2.45) is 0 Å². The normalized spacial score (nSPS) is 12.6. The maximum absolute atomic E-state index is 12.4. The minimum Gasteiger partial charge on any atom is -0.369 e. The molecule has 4 rings (SSSR count). The average molecular weight is 483 g/mol. The lowest BCUT2D eigenvalue weighted by Crippen LogP contribution is -2.31. The highest BCUT2D eigenvalue weighted by Crippen LogP contribution is 2.34. The van der Waals surface area contributed by atoms with E-state index in [1.165, 1.54) is 13.3 Å².